The van der Waals surface area contributed by atoms with Crippen LogP contribution >= 0.6 is 0 Å². The number of fused-ring (bicyclic) bond motifs is 1. The molecule has 0 radical (unpaired) electrons. The van der Waals surface area contributed by atoms with Crippen LogP contribution in [0.3, 0.4) is 0 Å². The first-order valence-corrected chi connectivity index (χ1v) is 6.80. The molecule has 7 heteroatoms. The Labute approximate surface area is 126 Å². The van der Waals surface area contributed by atoms with Gasteiger partial charge in [0.1, 0.15) is 5.70 Å². The van der Waals surface area contributed by atoms with Crippen LogP contribution in [0.4, 0.5) is 4.79 Å². The number of carbonyl (C=O) groups is 3. The number of ether oxygens (including phenoxy) is 1. The minimum Gasteiger partial charge on any atom is -0.463 e. The molecule has 0 aliphatic carbocycles. The van der Waals surface area contributed by atoms with Gasteiger partial charge in [0.15, 0.2) is 0 Å². The van der Waals surface area contributed by atoms with E-state index in [1.165, 1.54) is 0 Å². The van der Waals surface area contributed by atoms with Crippen molar-refractivity contribution >= 4 is 23.6 Å². The number of nitrogens with one attached hydrogen (secondary N) is 1. The molecule has 0 spiro atoms. The van der Waals surface area contributed by atoms with Gasteiger partial charge >= 0.3 is 12.0 Å². The average molecular weight is 299 g/mol. The topological polar surface area (TPSA) is 88.1 Å². The molecule has 0 saturated carbocycles. The van der Waals surface area contributed by atoms with E-state index in [4.69, 9.17) is 4.74 Å². The Morgan fingerprint density at radius 1 is 1.32 bits per heavy atom. The molecular weight excluding hydrogens is 286 g/mol. The van der Waals surface area contributed by atoms with Gasteiger partial charge in [0.25, 0.3) is 5.91 Å². The fourth-order valence-electron chi connectivity index (χ4n) is 2.35. The molecule has 1 saturated heterocycles. The molecule has 2 aliphatic rings. The van der Waals surface area contributed by atoms with Gasteiger partial charge in [-0.2, -0.15) is 10.1 Å². The minimum absolute atomic E-state index is 0.0527. The first-order chi connectivity index (χ1) is 10.6. The number of hydrogen-bond donors (Lipinski definition) is 1. The molecule has 1 N–H and O–H groups in total. The van der Waals surface area contributed by atoms with Crippen molar-refractivity contribution in [3.05, 3.63) is 47.2 Å². The van der Waals surface area contributed by atoms with Gasteiger partial charge in [-0.1, -0.05) is 30.3 Å². The number of hydrazone groups is 1. The van der Waals surface area contributed by atoms with Crippen LogP contribution in [0.1, 0.15) is 18.9 Å². The number of urea groups is 1. The molecule has 2 heterocycles. The van der Waals surface area contributed by atoms with Gasteiger partial charge in [-0.25, -0.2) is 9.59 Å². The number of rotatable bonds is 3. The van der Waals surface area contributed by atoms with Gasteiger partial charge in [-0.3, -0.25) is 10.1 Å². The summed E-state index contributed by atoms with van der Waals surface area (Å²) >= 11 is 0. The summed E-state index contributed by atoms with van der Waals surface area (Å²) in [6.45, 7) is 1.86. The molecular formula is C15H13N3O4. The maximum Gasteiger partial charge on any atom is 0.349 e. The third-order valence-electron chi connectivity index (χ3n) is 3.32. The smallest absolute Gasteiger partial charge is 0.349 e. The number of hydrogen-bond acceptors (Lipinski definition) is 5. The van der Waals surface area contributed by atoms with Crippen molar-refractivity contribution in [1.29, 1.82) is 0 Å². The van der Waals surface area contributed by atoms with Crippen LogP contribution in [0.5, 0.6) is 0 Å². The first kappa shape index (κ1) is 14.0. The standard InChI is InChI=1S/C15H13N3O4/c1-2-22-14(20)10-8-11(9-6-4-3-5-7-9)17-18-12(10)13(19)16-15(18)21/h3-7H,2,8H2,1H3,(H,16,19,21). The Kier molecular flexibility index (Phi) is 3.46. The highest BCUT2D eigenvalue weighted by Crippen LogP contribution is 2.28. The highest BCUT2D eigenvalue weighted by atomic mass is 16.5. The lowest BCUT2D eigenvalue weighted by atomic mass is 9.99. The Balaban J connectivity index is 2.05. The monoisotopic (exact) mass is 299 g/mol. The van der Waals surface area contributed by atoms with Gasteiger partial charge in [0.2, 0.25) is 0 Å². The van der Waals surface area contributed by atoms with E-state index in [1.807, 2.05) is 30.3 Å². The molecule has 112 valence electrons. The van der Waals surface area contributed by atoms with E-state index >= 15 is 0 Å². The van der Waals surface area contributed by atoms with Crippen molar-refractivity contribution in [1.82, 2.24) is 10.3 Å². The summed E-state index contributed by atoms with van der Waals surface area (Å²) < 4.78 is 4.99. The largest absolute Gasteiger partial charge is 0.463 e. The number of esters is 1. The molecule has 2 aliphatic heterocycles. The SMILES string of the molecule is CCOC(=O)C1=C2C(=O)NC(=O)N2N=C(c2ccccc2)C1. The van der Waals surface area contributed by atoms with Crippen LogP contribution in [0.25, 0.3) is 0 Å². The highest BCUT2D eigenvalue weighted by molar-refractivity contribution is 6.19. The van der Waals surface area contributed by atoms with Crippen LogP contribution in [0.15, 0.2) is 46.7 Å². The molecule has 0 unspecified atom stereocenters. The molecule has 3 amide bonds. The van der Waals surface area contributed by atoms with Gasteiger partial charge in [-0.15, -0.1) is 0 Å². The van der Waals surface area contributed by atoms with E-state index in [-0.39, 0.29) is 24.3 Å². The quantitative estimate of drug-likeness (QED) is 0.670. The fourth-order valence-corrected chi connectivity index (χ4v) is 2.35. The van der Waals surface area contributed by atoms with E-state index in [0.717, 1.165) is 10.6 Å². The van der Waals surface area contributed by atoms with E-state index in [2.05, 4.69) is 10.4 Å². The molecule has 22 heavy (non-hydrogen) atoms. The van der Waals surface area contributed by atoms with Crippen LogP contribution in [0, 0.1) is 0 Å². The molecule has 3 rings (SSSR count). The van der Waals surface area contributed by atoms with Gasteiger partial charge < -0.3 is 4.74 Å². The molecule has 0 aromatic heterocycles. The number of benzene rings is 1. The maximum atomic E-state index is 12.1. The zero-order valence-electron chi connectivity index (χ0n) is 11.8. The average Bonchev–Trinajstić information content (AvgIpc) is 2.82. The Morgan fingerprint density at radius 2 is 2.05 bits per heavy atom. The maximum absolute atomic E-state index is 12.1. The van der Waals surface area contributed by atoms with Crippen LogP contribution in [-0.2, 0) is 14.3 Å². The van der Waals surface area contributed by atoms with Crippen LogP contribution < -0.4 is 5.32 Å². The van der Waals surface area contributed by atoms with Crippen molar-refractivity contribution in [2.45, 2.75) is 13.3 Å². The second-order valence-electron chi connectivity index (χ2n) is 4.71. The zero-order chi connectivity index (χ0) is 15.7. The van der Waals surface area contributed by atoms with Crippen molar-refractivity contribution in [2.24, 2.45) is 5.10 Å². The summed E-state index contributed by atoms with van der Waals surface area (Å²) in [6.07, 6.45) is 0.134. The fraction of sp³-hybridized carbons (Fsp3) is 0.200. The lowest BCUT2D eigenvalue weighted by molar-refractivity contribution is -0.139. The summed E-state index contributed by atoms with van der Waals surface area (Å²) in [4.78, 5) is 35.8. The van der Waals surface area contributed by atoms with Crippen LogP contribution in [0.2, 0.25) is 0 Å². The summed E-state index contributed by atoms with van der Waals surface area (Å²) in [5, 5.41) is 7.25. The molecule has 1 fully saturated rings. The van der Waals surface area contributed by atoms with Crippen molar-refractivity contribution < 1.29 is 19.1 Å². The first-order valence-electron chi connectivity index (χ1n) is 6.80. The summed E-state index contributed by atoms with van der Waals surface area (Å²) in [7, 11) is 0. The minimum atomic E-state index is -0.671. The normalized spacial score (nSPS) is 17.1. The summed E-state index contributed by atoms with van der Waals surface area (Å²) in [5.41, 5.74) is 1.38. The Bertz CT molecular complexity index is 722. The predicted octanol–water partition coefficient (Wildman–Crippen LogP) is 1.16. The zero-order valence-corrected chi connectivity index (χ0v) is 11.8. The van der Waals surface area contributed by atoms with Crippen molar-refractivity contribution in [3.63, 3.8) is 0 Å². The number of nitrogens with zero attached hydrogens (tertiary/aromatic N) is 2. The molecule has 1 aromatic rings. The molecule has 0 atom stereocenters. The number of imide groups is 1. The third kappa shape index (κ3) is 2.26. The Morgan fingerprint density at radius 3 is 2.73 bits per heavy atom. The van der Waals surface area contributed by atoms with E-state index in [9.17, 15) is 14.4 Å². The van der Waals surface area contributed by atoms with Gasteiger partial charge in [0.05, 0.1) is 17.9 Å². The highest BCUT2D eigenvalue weighted by Gasteiger charge is 2.41. The molecule has 1 aromatic carbocycles. The van der Waals surface area contributed by atoms with E-state index in [1.54, 1.807) is 6.92 Å². The summed E-state index contributed by atoms with van der Waals surface area (Å²) in [5.74, 6) is -1.25. The number of amides is 3. The summed E-state index contributed by atoms with van der Waals surface area (Å²) in [6, 6.07) is 8.49. The lowest BCUT2D eigenvalue weighted by Crippen LogP contribution is -2.29. The second kappa shape index (κ2) is 5.44. The van der Waals surface area contributed by atoms with E-state index < -0.39 is 17.9 Å². The van der Waals surface area contributed by atoms with Gasteiger partial charge in [-0.05, 0) is 12.5 Å². The predicted molar refractivity (Wildman–Crippen MR) is 76.6 cm³/mol. The Hall–Kier alpha value is -2.96. The molecule has 7 nitrogen and oxygen atoms in total. The van der Waals surface area contributed by atoms with Crippen molar-refractivity contribution in [3.8, 4) is 0 Å². The van der Waals surface area contributed by atoms with E-state index in [0.29, 0.717) is 5.71 Å². The van der Waals surface area contributed by atoms with Crippen LogP contribution in [-0.4, -0.2) is 35.2 Å². The second-order valence-corrected chi connectivity index (χ2v) is 4.71. The molecule has 0 bridgehead atoms. The lowest BCUT2D eigenvalue weighted by Gasteiger charge is -2.21. The third-order valence-corrected chi connectivity index (χ3v) is 3.32. The van der Waals surface area contributed by atoms with Crippen molar-refractivity contribution in [2.75, 3.05) is 6.61 Å². The number of carbonyl (C=O) groups excluding carboxylic acids is 3. The van der Waals surface area contributed by atoms with Gasteiger partial charge in [0, 0.05) is 6.42 Å².